The topological polar surface area (TPSA) is 23.5 Å². The van der Waals surface area contributed by atoms with Gasteiger partial charge in [-0.25, -0.2) is 0 Å². The minimum absolute atomic E-state index is 0.300. The van der Waals surface area contributed by atoms with E-state index in [1.807, 2.05) is 17.5 Å². The lowest BCUT2D eigenvalue weighted by Crippen LogP contribution is -2.39. The van der Waals surface area contributed by atoms with Gasteiger partial charge in [-0.15, -0.1) is 11.3 Å². The van der Waals surface area contributed by atoms with Crippen LogP contribution in [-0.2, 0) is 0 Å². The number of hydrogen-bond acceptors (Lipinski definition) is 3. The quantitative estimate of drug-likeness (QED) is 0.855. The molecule has 1 aliphatic rings. The van der Waals surface area contributed by atoms with Gasteiger partial charge in [-0.1, -0.05) is 12.5 Å². The predicted molar refractivity (Wildman–Crippen MR) is 64.2 cm³/mol. The predicted octanol–water partition coefficient (Wildman–Crippen LogP) is 2.66. The second-order valence-electron chi connectivity index (χ2n) is 4.37. The molecule has 1 aromatic rings. The Hall–Kier alpha value is -0.380. The summed E-state index contributed by atoms with van der Waals surface area (Å²) in [5.41, 5.74) is 0. The molecule has 0 saturated carbocycles. The van der Waals surface area contributed by atoms with Crippen molar-refractivity contribution in [2.75, 3.05) is 13.1 Å². The van der Waals surface area contributed by atoms with Gasteiger partial charge in [0.2, 0.25) is 0 Å². The summed E-state index contributed by atoms with van der Waals surface area (Å²) in [6, 6.07) is 4.65. The molecule has 2 nitrogen and oxygen atoms in total. The molecule has 0 bridgehead atoms. The van der Waals surface area contributed by atoms with Crippen LogP contribution in [0.5, 0.6) is 0 Å². The van der Waals surface area contributed by atoms with E-state index in [0.29, 0.717) is 6.04 Å². The second kappa shape index (κ2) is 5.10. The van der Waals surface area contributed by atoms with Gasteiger partial charge < -0.3 is 5.11 Å². The molecule has 0 amide bonds. The Morgan fingerprint density at radius 2 is 2.47 bits per heavy atom. The highest BCUT2D eigenvalue weighted by atomic mass is 32.1. The van der Waals surface area contributed by atoms with Gasteiger partial charge in [0.1, 0.15) is 6.10 Å². The van der Waals surface area contributed by atoms with E-state index in [4.69, 9.17) is 0 Å². The van der Waals surface area contributed by atoms with Crippen molar-refractivity contribution in [1.29, 1.82) is 0 Å². The number of thiophene rings is 1. The molecule has 1 aromatic heterocycles. The Bertz CT molecular complexity index is 286. The first-order chi connectivity index (χ1) is 7.27. The number of aliphatic hydroxyl groups excluding tert-OH is 1. The van der Waals surface area contributed by atoms with E-state index in [2.05, 4.69) is 11.8 Å². The Morgan fingerprint density at radius 3 is 3.13 bits per heavy atom. The zero-order valence-corrected chi connectivity index (χ0v) is 10.0. The van der Waals surface area contributed by atoms with Gasteiger partial charge in [0.25, 0.3) is 0 Å². The summed E-state index contributed by atoms with van der Waals surface area (Å²) in [5.74, 6) is 0. The van der Waals surface area contributed by atoms with Crippen LogP contribution < -0.4 is 0 Å². The molecule has 2 heterocycles. The van der Waals surface area contributed by atoms with Crippen LogP contribution in [0.2, 0.25) is 0 Å². The average molecular weight is 225 g/mol. The van der Waals surface area contributed by atoms with Crippen molar-refractivity contribution in [2.24, 2.45) is 0 Å². The maximum atomic E-state index is 10.0. The van der Waals surface area contributed by atoms with Crippen molar-refractivity contribution in [3.05, 3.63) is 22.4 Å². The van der Waals surface area contributed by atoms with Crippen LogP contribution in [0.15, 0.2) is 17.5 Å². The highest BCUT2D eigenvalue weighted by Gasteiger charge is 2.21. The Labute approximate surface area is 95.5 Å². The van der Waals surface area contributed by atoms with Crippen LogP contribution in [-0.4, -0.2) is 29.1 Å². The molecule has 1 N–H and O–H groups in total. The van der Waals surface area contributed by atoms with E-state index in [0.717, 1.165) is 18.0 Å². The van der Waals surface area contributed by atoms with Gasteiger partial charge in [-0.3, -0.25) is 4.90 Å². The molecule has 3 heteroatoms. The van der Waals surface area contributed by atoms with Gasteiger partial charge in [-0.05, 0) is 37.8 Å². The van der Waals surface area contributed by atoms with Crippen molar-refractivity contribution in [2.45, 2.75) is 38.3 Å². The number of likely N-dealkylation sites (tertiary alicyclic amines) is 1. The molecule has 0 radical (unpaired) electrons. The first-order valence-corrected chi connectivity index (χ1v) is 6.61. The SMILES string of the molecule is CC1CCCCN1CC(O)c1cccs1. The van der Waals surface area contributed by atoms with Gasteiger partial charge in [0.05, 0.1) is 0 Å². The Balaban J connectivity index is 1.90. The summed E-state index contributed by atoms with van der Waals surface area (Å²) in [6.45, 7) is 4.20. The summed E-state index contributed by atoms with van der Waals surface area (Å²) >= 11 is 1.64. The highest BCUT2D eigenvalue weighted by Crippen LogP contribution is 2.23. The third-order valence-corrected chi connectivity index (χ3v) is 4.19. The van der Waals surface area contributed by atoms with E-state index in [1.54, 1.807) is 11.3 Å². The molecule has 2 unspecified atom stereocenters. The average Bonchev–Trinajstić information content (AvgIpc) is 2.74. The number of β-amino-alcohol motifs (C(OH)–C–C–N with tert-alkyl or cyclic N) is 1. The third kappa shape index (κ3) is 2.80. The van der Waals surface area contributed by atoms with Crippen LogP contribution in [0.4, 0.5) is 0 Å². The highest BCUT2D eigenvalue weighted by molar-refractivity contribution is 7.10. The Kier molecular flexibility index (Phi) is 3.78. The zero-order chi connectivity index (χ0) is 10.7. The number of hydrogen-bond donors (Lipinski definition) is 1. The van der Waals surface area contributed by atoms with E-state index in [-0.39, 0.29) is 6.10 Å². The molecule has 0 aliphatic carbocycles. The van der Waals surface area contributed by atoms with Crippen LogP contribution in [0.3, 0.4) is 0 Å². The van der Waals surface area contributed by atoms with E-state index in [1.165, 1.54) is 19.3 Å². The molecule has 0 spiro atoms. The first-order valence-electron chi connectivity index (χ1n) is 5.73. The fourth-order valence-electron chi connectivity index (χ4n) is 2.22. The van der Waals surface area contributed by atoms with E-state index < -0.39 is 0 Å². The van der Waals surface area contributed by atoms with Crippen molar-refractivity contribution in [3.8, 4) is 0 Å². The molecular weight excluding hydrogens is 206 g/mol. The first kappa shape index (κ1) is 11.1. The van der Waals surface area contributed by atoms with Crippen molar-refractivity contribution < 1.29 is 5.11 Å². The monoisotopic (exact) mass is 225 g/mol. The molecular formula is C12H19NOS. The summed E-state index contributed by atoms with van der Waals surface area (Å²) in [7, 11) is 0. The summed E-state index contributed by atoms with van der Waals surface area (Å²) in [5, 5.41) is 12.1. The van der Waals surface area contributed by atoms with Crippen molar-refractivity contribution in [3.63, 3.8) is 0 Å². The maximum Gasteiger partial charge on any atom is 0.101 e. The van der Waals surface area contributed by atoms with Crippen molar-refractivity contribution in [1.82, 2.24) is 4.90 Å². The number of aliphatic hydroxyl groups is 1. The Morgan fingerprint density at radius 1 is 1.60 bits per heavy atom. The van der Waals surface area contributed by atoms with Crippen LogP contribution in [0, 0.1) is 0 Å². The second-order valence-corrected chi connectivity index (χ2v) is 5.35. The molecule has 1 aliphatic heterocycles. The number of rotatable bonds is 3. The third-order valence-electron chi connectivity index (χ3n) is 3.22. The number of piperidine rings is 1. The lowest BCUT2D eigenvalue weighted by molar-refractivity contribution is 0.0751. The maximum absolute atomic E-state index is 10.0. The molecule has 84 valence electrons. The summed E-state index contributed by atoms with van der Waals surface area (Å²) < 4.78 is 0. The minimum Gasteiger partial charge on any atom is -0.386 e. The minimum atomic E-state index is -0.300. The molecule has 1 fully saturated rings. The van der Waals surface area contributed by atoms with Gasteiger partial charge in [-0.2, -0.15) is 0 Å². The molecule has 1 saturated heterocycles. The smallest absolute Gasteiger partial charge is 0.101 e. The van der Waals surface area contributed by atoms with Crippen LogP contribution >= 0.6 is 11.3 Å². The largest absolute Gasteiger partial charge is 0.386 e. The van der Waals surface area contributed by atoms with Gasteiger partial charge >= 0.3 is 0 Å². The fourth-order valence-corrected chi connectivity index (χ4v) is 2.92. The van der Waals surface area contributed by atoms with E-state index in [9.17, 15) is 5.11 Å². The van der Waals surface area contributed by atoms with Gasteiger partial charge in [0, 0.05) is 17.5 Å². The lowest BCUT2D eigenvalue weighted by Gasteiger charge is -2.34. The van der Waals surface area contributed by atoms with Crippen LogP contribution in [0.1, 0.15) is 37.2 Å². The van der Waals surface area contributed by atoms with E-state index >= 15 is 0 Å². The van der Waals surface area contributed by atoms with Crippen LogP contribution in [0.25, 0.3) is 0 Å². The standard InChI is InChI=1S/C12H19NOS/c1-10-5-2-3-7-13(10)9-11(14)12-6-4-8-15-12/h4,6,8,10-11,14H,2-3,5,7,9H2,1H3. The lowest BCUT2D eigenvalue weighted by atomic mass is 10.0. The molecule has 2 rings (SSSR count). The normalized spacial score (nSPS) is 25.3. The fraction of sp³-hybridized carbons (Fsp3) is 0.667. The molecule has 15 heavy (non-hydrogen) atoms. The summed E-state index contributed by atoms with van der Waals surface area (Å²) in [6.07, 6.45) is 3.59. The molecule has 0 aromatic carbocycles. The van der Waals surface area contributed by atoms with Gasteiger partial charge in [0.15, 0.2) is 0 Å². The molecule has 2 atom stereocenters. The van der Waals surface area contributed by atoms with Crippen molar-refractivity contribution >= 4 is 11.3 Å². The number of nitrogens with zero attached hydrogens (tertiary/aromatic N) is 1. The summed E-state index contributed by atoms with van der Waals surface area (Å²) in [4.78, 5) is 3.50. The zero-order valence-electron chi connectivity index (χ0n) is 9.22.